The van der Waals surface area contributed by atoms with Crippen LogP contribution in [0, 0.1) is 9.49 Å². The highest BCUT2D eigenvalue weighted by molar-refractivity contribution is 14.1. The van der Waals surface area contributed by atoms with E-state index in [1.54, 1.807) is 23.2 Å². The molecule has 2 aromatic carbocycles. The molecule has 1 atom stereocenters. The van der Waals surface area contributed by atoms with Crippen LogP contribution in [0.5, 0.6) is 5.75 Å². The summed E-state index contributed by atoms with van der Waals surface area (Å²) in [5.74, 6) is 1.55. The van der Waals surface area contributed by atoms with E-state index in [1.165, 1.54) is 0 Å². The van der Waals surface area contributed by atoms with Crippen molar-refractivity contribution in [3.63, 3.8) is 0 Å². The molecular weight excluding hydrogens is 611 g/mol. The van der Waals surface area contributed by atoms with E-state index >= 15 is 0 Å². The molecule has 1 fully saturated rings. The fourth-order valence-electron chi connectivity index (χ4n) is 4.38. The summed E-state index contributed by atoms with van der Waals surface area (Å²) in [7, 11) is 0. The minimum absolute atomic E-state index is 0.155. The van der Waals surface area contributed by atoms with E-state index in [-0.39, 0.29) is 17.6 Å². The van der Waals surface area contributed by atoms with Gasteiger partial charge in [0, 0.05) is 41.1 Å². The van der Waals surface area contributed by atoms with Gasteiger partial charge in [0.25, 0.3) is 5.56 Å². The average molecular weight is 633 g/mol. The molecule has 4 aromatic rings. The topological polar surface area (TPSA) is 87.3 Å². The number of aromatic amines is 1. The summed E-state index contributed by atoms with van der Waals surface area (Å²) in [6, 6.07) is 15.0. The van der Waals surface area contributed by atoms with E-state index in [0.29, 0.717) is 36.3 Å². The van der Waals surface area contributed by atoms with Crippen LogP contribution in [0.4, 0.5) is 10.6 Å². The zero-order valence-electron chi connectivity index (χ0n) is 18.2. The van der Waals surface area contributed by atoms with Gasteiger partial charge in [-0.3, -0.25) is 4.79 Å². The molecule has 0 bridgehead atoms. The van der Waals surface area contributed by atoms with Gasteiger partial charge < -0.3 is 19.9 Å². The maximum absolute atomic E-state index is 12.6. The third-order valence-corrected chi connectivity index (χ3v) is 7.35. The Morgan fingerprint density at radius 1 is 1.24 bits per heavy atom. The van der Waals surface area contributed by atoms with Gasteiger partial charge in [0.05, 0.1) is 14.5 Å². The lowest BCUT2D eigenvalue weighted by Gasteiger charge is -2.32. The van der Waals surface area contributed by atoms with Gasteiger partial charge in [-0.2, -0.15) is 0 Å². The summed E-state index contributed by atoms with van der Waals surface area (Å²) in [5.41, 5.74) is 0.520. The van der Waals surface area contributed by atoms with Gasteiger partial charge in [-0.05, 0) is 71.7 Å². The maximum atomic E-state index is 12.6. The first-order valence-electron chi connectivity index (χ1n) is 11.1. The first kappa shape index (κ1) is 23.1. The van der Waals surface area contributed by atoms with Gasteiger partial charge in [0.15, 0.2) is 0 Å². The number of nitrogens with one attached hydrogen (secondary N) is 2. The van der Waals surface area contributed by atoms with Crippen molar-refractivity contribution < 1.29 is 9.53 Å². The predicted molar refractivity (Wildman–Crippen MR) is 146 cm³/mol. The number of pyridine rings is 2. The van der Waals surface area contributed by atoms with Crippen LogP contribution in [0.25, 0.3) is 21.7 Å². The molecule has 1 saturated heterocycles. The molecule has 5 rings (SSSR count). The Bertz CT molecular complexity index is 1430. The zero-order valence-corrected chi connectivity index (χ0v) is 21.9. The molecule has 0 saturated carbocycles. The van der Waals surface area contributed by atoms with Crippen LogP contribution < -0.4 is 15.6 Å². The van der Waals surface area contributed by atoms with E-state index in [1.807, 2.05) is 36.4 Å². The van der Waals surface area contributed by atoms with Crippen LogP contribution in [0.15, 0.2) is 64.0 Å². The molecule has 1 aliphatic rings. The number of amides is 1. The predicted octanol–water partition coefficient (Wildman–Crippen LogP) is 5.77. The van der Waals surface area contributed by atoms with Crippen molar-refractivity contribution in [2.24, 2.45) is 5.92 Å². The van der Waals surface area contributed by atoms with Crippen molar-refractivity contribution in [3.05, 3.63) is 73.1 Å². The standard InChI is InChI=1S/C25H22BrIN4O3/c26-16-8-9-18-19(11-16)21-22(20(27)13-29-24(21)32)30-23(18)28-12-15-5-4-10-31(14-15)25(33)34-17-6-2-1-3-7-17/h1-3,6-9,11,13,15H,4-5,10,12,14H2,(H,28,30)(H,29,32). The van der Waals surface area contributed by atoms with Crippen LogP contribution in [-0.2, 0) is 0 Å². The van der Waals surface area contributed by atoms with Gasteiger partial charge in [-0.25, -0.2) is 9.78 Å². The molecule has 34 heavy (non-hydrogen) atoms. The van der Waals surface area contributed by atoms with E-state index in [9.17, 15) is 9.59 Å². The van der Waals surface area contributed by atoms with E-state index in [0.717, 1.165) is 37.5 Å². The number of rotatable bonds is 4. The second kappa shape index (κ2) is 9.91. The lowest BCUT2D eigenvalue weighted by Crippen LogP contribution is -2.43. The monoisotopic (exact) mass is 632 g/mol. The smallest absolute Gasteiger partial charge is 0.410 e. The normalized spacial score (nSPS) is 16.1. The summed E-state index contributed by atoms with van der Waals surface area (Å²) in [5, 5.41) is 5.82. The quantitative estimate of drug-likeness (QED) is 0.221. The van der Waals surface area contributed by atoms with Crippen molar-refractivity contribution in [1.29, 1.82) is 0 Å². The van der Waals surface area contributed by atoms with Crippen molar-refractivity contribution in [1.82, 2.24) is 14.9 Å². The maximum Gasteiger partial charge on any atom is 0.415 e. The number of benzene rings is 2. The number of piperidine rings is 1. The number of aromatic nitrogens is 2. The van der Waals surface area contributed by atoms with Gasteiger partial charge in [-0.1, -0.05) is 34.1 Å². The van der Waals surface area contributed by atoms with Crippen molar-refractivity contribution >= 4 is 72.1 Å². The molecule has 0 aliphatic carbocycles. The molecule has 2 aromatic heterocycles. The molecule has 0 spiro atoms. The third kappa shape index (κ3) is 4.76. The number of fused-ring (bicyclic) bond motifs is 3. The summed E-state index contributed by atoms with van der Waals surface area (Å²) >= 11 is 5.72. The number of carbonyl (C=O) groups is 1. The number of ether oxygens (including phenoxy) is 1. The Kier molecular flexibility index (Phi) is 6.73. The highest BCUT2D eigenvalue weighted by Gasteiger charge is 2.25. The molecule has 9 heteroatoms. The number of H-pyrrole nitrogens is 1. The number of hydrogen-bond donors (Lipinski definition) is 2. The summed E-state index contributed by atoms with van der Waals surface area (Å²) in [6.07, 6.45) is 3.30. The molecule has 3 heterocycles. The molecule has 1 aliphatic heterocycles. The Labute approximate surface area is 218 Å². The summed E-state index contributed by atoms with van der Waals surface area (Å²) in [4.78, 5) is 34.7. The Morgan fingerprint density at radius 3 is 2.88 bits per heavy atom. The van der Waals surface area contributed by atoms with E-state index in [4.69, 9.17) is 9.72 Å². The lowest BCUT2D eigenvalue weighted by molar-refractivity contribution is 0.128. The molecule has 1 unspecified atom stereocenters. The molecular formula is C25H22BrIN4O3. The third-order valence-electron chi connectivity index (χ3n) is 6.03. The number of nitrogens with zero attached hydrogens (tertiary/aromatic N) is 2. The minimum Gasteiger partial charge on any atom is -0.410 e. The number of hydrogen-bond acceptors (Lipinski definition) is 5. The minimum atomic E-state index is -0.316. The second-order valence-electron chi connectivity index (χ2n) is 8.36. The van der Waals surface area contributed by atoms with E-state index in [2.05, 4.69) is 48.8 Å². The highest BCUT2D eigenvalue weighted by Crippen LogP contribution is 2.32. The number of likely N-dealkylation sites (tertiary alicyclic amines) is 1. The SMILES string of the molecule is O=C(Oc1ccccc1)N1CCCC(CNc2nc3c(I)c[nH]c(=O)c3c3cc(Br)ccc23)C1. The summed E-state index contributed by atoms with van der Waals surface area (Å²) in [6.45, 7) is 1.97. The second-order valence-corrected chi connectivity index (χ2v) is 10.4. The molecule has 7 nitrogen and oxygen atoms in total. The van der Waals surface area contributed by atoms with E-state index < -0.39 is 0 Å². The number of anilines is 1. The average Bonchev–Trinajstić information content (AvgIpc) is 2.85. The van der Waals surface area contributed by atoms with Crippen LogP contribution in [0.2, 0.25) is 0 Å². The van der Waals surface area contributed by atoms with Crippen LogP contribution in [0.3, 0.4) is 0 Å². The molecule has 174 valence electrons. The molecule has 1 amide bonds. The van der Waals surface area contributed by atoms with Crippen molar-refractivity contribution in [2.75, 3.05) is 25.0 Å². The molecule has 2 N–H and O–H groups in total. The zero-order chi connectivity index (χ0) is 23.7. The number of para-hydroxylation sites is 1. The number of halogens is 2. The first-order chi connectivity index (χ1) is 16.5. The van der Waals surface area contributed by atoms with Crippen molar-refractivity contribution in [2.45, 2.75) is 12.8 Å². The largest absolute Gasteiger partial charge is 0.415 e. The number of carbonyl (C=O) groups excluding carboxylic acids is 1. The van der Waals surface area contributed by atoms with Crippen LogP contribution in [0.1, 0.15) is 12.8 Å². The van der Waals surface area contributed by atoms with Crippen LogP contribution >= 0.6 is 38.5 Å². The summed E-state index contributed by atoms with van der Waals surface area (Å²) < 4.78 is 7.30. The first-order valence-corrected chi connectivity index (χ1v) is 12.9. The highest BCUT2D eigenvalue weighted by atomic mass is 127. The Hall–Kier alpha value is -2.66. The van der Waals surface area contributed by atoms with Crippen LogP contribution in [-0.4, -0.2) is 40.6 Å². The van der Waals surface area contributed by atoms with Gasteiger partial charge in [0.1, 0.15) is 11.6 Å². The fraction of sp³-hybridized carbons (Fsp3) is 0.240. The Balaban J connectivity index is 1.37. The lowest BCUT2D eigenvalue weighted by atomic mass is 9.98. The van der Waals surface area contributed by atoms with Gasteiger partial charge in [0.2, 0.25) is 0 Å². The molecule has 0 radical (unpaired) electrons. The van der Waals surface area contributed by atoms with Gasteiger partial charge in [-0.15, -0.1) is 0 Å². The van der Waals surface area contributed by atoms with Crippen molar-refractivity contribution in [3.8, 4) is 5.75 Å². The van der Waals surface area contributed by atoms with Gasteiger partial charge >= 0.3 is 6.09 Å². The Morgan fingerprint density at radius 2 is 2.06 bits per heavy atom. The fourth-order valence-corrected chi connectivity index (χ4v) is 5.29.